The maximum Gasteiger partial charge on any atom is 0.227 e. The molecule has 17 heavy (non-hydrogen) atoms. The van der Waals surface area contributed by atoms with Gasteiger partial charge in [0.2, 0.25) is 11.2 Å². The summed E-state index contributed by atoms with van der Waals surface area (Å²) >= 11 is 10.9. The Kier molecular flexibility index (Phi) is 5.87. The van der Waals surface area contributed by atoms with Crippen molar-refractivity contribution in [1.82, 2.24) is 15.0 Å². The van der Waals surface area contributed by atoms with Crippen LogP contribution in [0.4, 0.5) is 5.95 Å². The van der Waals surface area contributed by atoms with Crippen molar-refractivity contribution in [2.45, 2.75) is 6.42 Å². The van der Waals surface area contributed by atoms with Crippen LogP contribution < -0.4 is 5.32 Å². The molecule has 0 spiro atoms. The molecule has 0 unspecified atom stereocenters. The second kappa shape index (κ2) is 6.93. The number of sulfone groups is 1. The van der Waals surface area contributed by atoms with E-state index in [4.69, 9.17) is 23.2 Å². The molecule has 1 rings (SSSR count). The van der Waals surface area contributed by atoms with Crippen LogP contribution in [-0.2, 0) is 9.84 Å². The molecule has 0 aliphatic heterocycles. The molecule has 9 heteroatoms. The Morgan fingerprint density at radius 1 is 1.29 bits per heavy atom. The second-order valence-corrected chi connectivity index (χ2v) is 6.22. The molecule has 1 aromatic heterocycles. The molecule has 1 aromatic rings. The summed E-state index contributed by atoms with van der Waals surface area (Å²) < 4.78 is 22.6. The van der Waals surface area contributed by atoms with Crippen LogP contribution in [0.1, 0.15) is 6.42 Å². The Balaban J connectivity index is 2.29. The molecule has 0 aromatic carbocycles. The van der Waals surface area contributed by atoms with Crippen molar-refractivity contribution in [3.8, 4) is 0 Å². The van der Waals surface area contributed by atoms with E-state index in [1.807, 2.05) is 0 Å². The number of nitrogens with one attached hydrogen (secondary N) is 1. The molecule has 0 saturated heterocycles. The Morgan fingerprint density at radius 3 is 2.71 bits per heavy atom. The highest BCUT2D eigenvalue weighted by Gasteiger charge is 2.09. The summed E-state index contributed by atoms with van der Waals surface area (Å²) in [5, 5.41) is 2.95. The van der Waals surface area contributed by atoms with Crippen molar-refractivity contribution < 1.29 is 8.42 Å². The minimum atomic E-state index is -3.05. The van der Waals surface area contributed by atoms with Crippen LogP contribution in [0.25, 0.3) is 0 Å². The zero-order chi connectivity index (χ0) is 12.7. The number of rotatable bonds is 7. The van der Waals surface area contributed by atoms with E-state index in [1.165, 1.54) is 6.33 Å². The molecule has 0 aliphatic rings. The first-order valence-corrected chi connectivity index (χ1v) is 7.62. The molecule has 0 amide bonds. The highest BCUT2D eigenvalue weighted by atomic mass is 35.5. The van der Waals surface area contributed by atoms with Crippen molar-refractivity contribution in [3.63, 3.8) is 0 Å². The molecule has 1 N–H and O–H groups in total. The lowest BCUT2D eigenvalue weighted by Crippen LogP contribution is -2.16. The van der Waals surface area contributed by atoms with Crippen LogP contribution in [0.5, 0.6) is 0 Å². The van der Waals surface area contributed by atoms with Gasteiger partial charge in [0.15, 0.2) is 9.84 Å². The highest BCUT2D eigenvalue weighted by molar-refractivity contribution is 7.91. The van der Waals surface area contributed by atoms with E-state index in [9.17, 15) is 8.42 Å². The average Bonchev–Trinajstić information content (AvgIpc) is 2.24. The normalized spacial score (nSPS) is 11.4. The number of halogens is 2. The topological polar surface area (TPSA) is 84.8 Å². The van der Waals surface area contributed by atoms with Gasteiger partial charge in [0.05, 0.1) is 11.5 Å². The standard InChI is InChI=1S/C8H12Cl2N4O2S/c9-2-5-17(15,16)4-1-3-11-8-13-6-12-7(10)14-8/h6H,1-5H2,(H,11,12,13,14). The summed E-state index contributed by atoms with van der Waals surface area (Å²) in [4.78, 5) is 11.3. The summed E-state index contributed by atoms with van der Waals surface area (Å²) in [7, 11) is -3.05. The lowest BCUT2D eigenvalue weighted by atomic mass is 10.5. The predicted molar refractivity (Wildman–Crippen MR) is 67.3 cm³/mol. The fourth-order valence-electron chi connectivity index (χ4n) is 1.07. The van der Waals surface area contributed by atoms with Crippen LogP contribution in [-0.4, -0.2) is 47.3 Å². The van der Waals surface area contributed by atoms with Crippen molar-refractivity contribution in [2.75, 3.05) is 29.2 Å². The van der Waals surface area contributed by atoms with Crippen molar-refractivity contribution in [3.05, 3.63) is 11.6 Å². The molecule has 0 fully saturated rings. The molecule has 0 aliphatic carbocycles. The van der Waals surface area contributed by atoms with Crippen LogP contribution in [0.3, 0.4) is 0 Å². The smallest absolute Gasteiger partial charge is 0.227 e. The van der Waals surface area contributed by atoms with E-state index >= 15 is 0 Å². The Morgan fingerprint density at radius 2 is 2.06 bits per heavy atom. The largest absolute Gasteiger partial charge is 0.354 e. The van der Waals surface area contributed by atoms with E-state index < -0.39 is 9.84 Å². The number of anilines is 1. The van der Waals surface area contributed by atoms with E-state index in [2.05, 4.69) is 20.3 Å². The number of alkyl halides is 1. The fourth-order valence-corrected chi connectivity index (χ4v) is 2.93. The summed E-state index contributed by atoms with van der Waals surface area (Å²) in [6, 6.07) is 0. The first kappa shape index (κ1) is 14.4. The van der Waals surface area contributed by atoms with Gasteiger partial charge < -0.3 is 5.32 Å². The Labute approximate surface area is 110 Å². The molecular weight excluding hydrogens is 287 g/mol. The highest BCUT2D eigenvalue weighted by Crippen LogP contribution is 2.02. The van der Waals surface area contributed by atoms with Gasteiger partial charge in [-0.1, -0.05) is 0 Å². The molecule has 6 nitrogen and oxygen atoms in total. The van der Waals surface area contributed by atoms with Crippen molar-refractivity contribution >= 4 is 39.0 Å². The monoisotopic (exact) mass is 298 g/mol. The summed E-state index contributed by atoms with van der Waals surface area (Å²) in [5.41, 5.74) is 0. The maximum absolute atomic E-state index is 11.3. The Bertz CT molecular complexity index is 455. The number of hydrogen-bond acceptors (Lipinski definition) is 6. The van der Waals surface area contributed by atoms with Crippen LogP contribution in [0, 0.1) is 0 Å². The van der Waals surface area contributed by atoms with Crippen molar-refractivity contribution in [1.29, 1.82) is 0 Å². The van der Waals surface area contributed by atoms with Gasteiger partial charge in [0.25, 0.3) is 0 Å². The van der Waals surface area contributed by atoms with Gasteiger partial charge in [-0.15, -0.1) is 11.6 Å². The van der Waals surface area contributed by atoms with E-state index in [1.54, 1.807) is 0 Å². The zero-order valence-corrected chi connectivity index (χ0v) is 11.3. The maximum atomic E-state index is 11.3. The second-order valence-electron chi connectivity index (χ2n) is 3.20. The third kappa shape index (κ3) is 5.99. The van der Waals surface area contributed by atoms with Crippen molar-refractivity contribution in [2.24, 2.45) is 0 Å². The summed E-state index contributed by atoms with van der Waals surface area (Å²) in [6.07, 6.45) is 1.74. The molecule has 0 atom stereocenters. The van der Waals surface area contributed by atoms with E-state index in [0.29, 0.717) is 18.9 Å². The average molecular weight is 299 g/mol. The lowest BCUT2D eigenvalue weighted by Gasteiger charge is -2.04. The SMILES string of the molecule is O=S(=O)(CCCl)CCCNc1ncnc(Cl)n1. The Hall–Kier alpha value is -0.660. The van der Waals surface area contributed by atoms with Crippen LogP contribution in [0.2, 0.25) is 5.28 Å². The van der Waals surface area contributed by atoms with Crippen LogP contribution in [0.15, 0.2) is 6.33 Å². The quantitative estimate of drug-likeness (QED) is 0.597. The molecule has 96 valence electrons. The molecule has 1 heterocycles. The van der Waals surface area contributed by atoms with E-state index in [0.717, 1.165) is 0 Å². The summed E-state index contributed by atoms with van der Waals surface area (Å²) in [6.45, 7) is 0.446. The molecule has 0 radical (unpaired) electrons. The fraction of sp³-hybridized carbons (Fsp3) is 0.625. The predicted octanol–water partition coefficient (Wildman–Crippen LogP) is 0.981. The third-order valence-corrected chi connectivity index (χ3v) is 4.18. The zero-order valence-electron chi connectivity index (χ0n) is 8.94. The van der Waals surface area contributed by atoms with Gasteiger partial charge >= 0.3 is 0 Å². The van der Waals surface area contributed by atoms with Gasteiger partial charge in [-0.25, -0.2) is 18.4 Å². The molecule has 0 saturated carbocycles. The van der Waals surface area contributed by atoms with Gasteiger partial charge in [-0.3, -0.25) is 0 Å². The first-order valence-electron chi connectivity index (χ1n) is 4.88. The van der Waals surface area contributed by atoms with Gasteiger partial charge in [-0.2, -0.15) is 4.98 Å². The number of aromatic nitrogens is 3. The van der Waals surface area contributed by atoms with Gasteiger partial charge in [-0.05, 0) is 18.0 Å². The lowest BCUT2D eigenvalue weighted by molar-refractivity contribution is 0.595. The van der Waals surface area contributed by atoms with Gasteiger partial charge in [0.1, 0.15) is 6.33 Å². The number of nitrogens with zero attached hydrogens (tertiary/aromatic N) is 3. The number of hydrogen-bond donors (Lipinski definition) is 1. The van der Waals surface area contributed by atoms with Gasteiger partial charge in [0, 0.05) is 12.4 Å². The van der Waals surface area contributed by atoms with Crippen LogP contribution >= 0.6 is 23.2 Å². The molecule has 0 bridgehead atoms. The summed E-state index contributed by atoms with van der Waals surface area (Å²) in [5.74, 6) is 0.552. The minimum Gasteiger partial charge on any atom is -0.354 e. The minimum absolute atomic E-state index is 0.00609. The third-order valence-electron chi connectivity index (χ3n) is 1.85. The molecular formula is C8H12Cl2N4O2S. The van der Waals surface area contributed by atoms with E-state index in [-0.39, 0.29) is 22.7 Å². The first-order chi connectivity index (χ1) is 8.03.